The summed E-state index contributed by atoms with van der Waals surface area (Å²) in [5.41, 5.74) is 0. The van der Waals surface area contributed by atoms with Crippen LogP contribution >= 0.6 is 0 Å². The number of hydrogen-bond acceptors (Lipinski definition) is 2. The average Bonchev–Trinajstić information content (AvgIpc) is 2.35. The Morgan fingerprint density at radius 1 is 1.15 bits per heavy atom. The fourth-order valence-electron chi connectivity index (χ4n) is 2.47. The molecule has 1 fully saturated rings. The highest BCUT2D eigenvalue weighted by Gasteiger charge is 2.32. The van der Waals surface area contributed by atoms with Crippen LogP contribution in [-0.4, -0.2) is 35.7 Å². The maximum Gasteiger partial charge on any atom is 0.0703 e. The van der Waals surface area contributed by atoms with Gasteiger partial charge in [0.1, 0.15) is 0 Å². The zero-order chi connectivity index (χ0) is 10.0. The summed E-state index contributed by atoms with van der Waals surface area (Å²) in [5.74, 6) is 0. The minimum Gasteiger partial charge on any atom is -0.377 e. The standard InChI is InChI=1S/C11H23NO/c1-8(2)12(9(3)4)11-6-7-13-10(11)5/h8-11H,6-7H2,1-5H3. The molecule has 1 aliphatic rings. The van der Waals surface area contributed by atoms with Gasteiger partial charge in [-0.1, -0.05) is 0 Å². The summed E-state index contributed by atoms with van der Waals surface area (Å²) in [6.45, 7) is 12.2. The minimum absolute atomic E-state index is 0.407. The highest BCUT2D eigenvalue weighted by Crippen LogP contribution is 2.23. The molecule has 1 aliphatic heterocycles. The lowest BCUT2D eigenvalue weighted by molar-refractivity contribution is 0.0435. The van der Waals surface area contributed by atoms with Crippen molar-refractivity contribution in [2.75, 3.05) is 6.61 Å². The molecule has 0 amide bonds. The summed E-state index contributed by atoms with van der Waals surface area (Å²) in [6.07, 6.45) is 1.60. The molecule has 78 valence electrons. The summed E-state index contributed by atoms with van der Waals surface area (Å²) >= 11 is 0. The van der Waals surface area contributed by atoms with Gasteiger partial charge in [0, 0.05) is 24.7 Å². The Hall–Kier alpha value is -0.0800. The Labute approximate surface area is 82.3 Å². The molecule has 0 bridgehead atoms. The predicted octanol–water partition coefficient (Wildman–Crippen LogP) is 2.28. The first-order valence-corrected chi connectivity index (χ1v) is 5.43. The van der Waals surface area contributed by atoms with Gasteiger partial charge in [0.15, 0.2) is 0 Å². The fraction of sp³-hybridized carbons (Fsp3) is 1.00. The van der Waals surface area contributed by atoms with E-state index in [-0.39, 0.29) is 0 Å². The zero-order valence-electron chi connectivity index (χ0n) is 9.58. The third-order valence-electron chi connectivity index (χ3n) is 2.91. The lowest BCUT2D eigenvalue weighted by Crippen LogP contribution is -2.47. The molecule has 2 nitrogen and oxygen atoms in total. The number of rotatable bonds is 3. The van der Waals surface area contributed by atoms with Gasteiger partial charge >= 0.3 is 0 Å². The van der Waals surface area contributed by atoms with Crippen LogP contribution in [0.25, 0.3) is 0 Å². The van der Waals surface area contributed by atoms with Crippen molar-refractivity contribution >= 4 is 0 Å². The van der Waals surface area contributed by atoms with Gasteiger partial charge in [-0.25, -0.2) is 0 Å². The van der Waals surface area contributed by atoms with Crippen LogP contribution < -0.4 is 0 Å². The molecule has 2 atom stereocenters. The van der Waals surface area contributed by atoms with E-state index in [0.717, 1.165) is 6.61 Å². The van der Waals surface area contributed by atoms with Gasteiger partial charge in [0.2, 0.25) is 0 Å². The molecular weight excluding hydrogens is 162 g/mol. The third-order valence-corrected chi connectivity index (χ3v) is 2.91. The van der Waals surface area contributed by atoms with Crippen LogP contribution in [0.15, 0.2) is 0 Å². The number of nitrogens with zero attached hydrogens (tertiary/aromatic N) is 1. The molecule has 2 unspecified atom stereocenters. The van der Waals surface area contributed by atoms with Gasteiger partial charge < -0.3 is 4.74 Å². The van der Waals surface area contributed by atoms with E-state index in [2.05, 4.69) is 39.5 Å². The Kier molecular flexibility index (Phi) is 3.74. The van der Waals surface area contributed by atoms with Crippen LogP contribution in [0.1, 0.15) is 41.0 Å². The van der Waals surface area contributed by atoms with E-state index in [1.165, 1.54) is 6.42 Å². The average molecular weight is 185 g/mol. The van der Waals surface area contributed by atoms with Gasteiger partial charge in [-0.3, -0.25) is 4.90 Å². The van der Waals surface area contributed by atoms with Gasteiger partial charge in [-0.05, 0) is 41.0 Å². The predicted molar refractivity (Wildman–Crippen MR) is 55.9 cm³/mol. The van der Waals surface area contributed by atoms with Crippen molar-refractivity contribution in [3.8, 4) is 0 Å². The molecule has 0 aromatic heterocycles. The van der Waals surface area contributed by atoms with Crippen LogP contribution in [0, 0.1) is 0 Å². The first-order valence-electron chi connectivity index (χ1n) is 5.43. The summed E-state index contributed by atoms with van der Waals surface area (Å²) in [6, 6.07) is 1.86. The first-order chi connectivity index (χ1) is 6.04. The summed E-state index contributed by atoms with van der Waals surface area (Å²) in [4.78, 5) is 2.57. The summed E-state index contributed by atoms with van der Waals surface area (Å²) in [5, 5.41) is 0. The second kappa shape index (κ2) is 4.43. The van der Waals surface area contributed by atoms with Crippen molar-refractivity contribution in [2.45, 2.75) is 65.3 Å². The normalized spacial score (nSPS) is 29.5. The largest absolute Gasteiger partial charge is 0.377 e. The smallest absolute Gasteiger partial charge is 0.0703 e. The molecule has 1 heterocycles. The first kappa shape index (κ1) is 11.0. The molecule has 0 radical (unpaired) electrons. The molecule has 1 saturated heterocycles. The van der Waals surface area contributed by atoms with Gasteiger partial charge in [-0.2, -0.15) is 0 Å². The molecule has 0 aromatic carbocycles. The third kappa shape index (κ3) is 2.44. The molecule has 0 saturated carbocycles. The molecule has 1 rings (SSSR count). The van der Waals surface area contributed by atoms with E-state index >= 15 is 0 Å². The monoisotopic (exact) mass is 185 g/mol. The van der Waals surface area contributed by atoms with E-state index < -0.39 is 0 Å². The fourth-order valence-corrected chi connectivity index (χ4v) is 2.47. The summed E-state index contributed by atoms with van der Waals surface area (Å²) < 4.78 is 5.61. The second-order valence-corrected chi connectivity index (χ2v) is 4.57. The van der Waals surface area contributed by atoms with Crippen molar-refractivity contribution in [3.05, 3.63) is 0 Å². The molecule has 0 aromatic rings. The molecule has 0 N–H and O–H groups in total. The van der Waals surface area contributed by atoms with Crippen LogP contribution in [0.2, 0.25) is 0 Å². The summed E-state index contributed by atoms with van der Waals surface area (Å²) in [7, 11) is 0. The number of hydrogen-bond donors (Lipinski definition) is 0. The van der Waals surface area contributed by atoms with Crippen LogP contribution in [0.4, 0.5) is 0 Å². The minimum atomic E-state index is 0.407. The van der Waals surface area contributed by atoms with Crippen LogP contribution in [-0.2, 0) is 4.74 Å². The Morgan fingerprint density at radius 2 is 1.69 bits per heavy atom. The van der Waals surface area contributed by atoms with E-state index in [1.807, 2.05) is 0 Å². The van der Waals surface area contributed by atoms with E-state index in [4.69, 9.17) is 4.74 Å². The maximum absolute atomic E-state index is 5.61. The highest BCUT2D eigenvalue weighted by molar-refractivity contribution is 4.85. The Morgan fingerprint density at radius 3 is 2.00 bits per heavy atom. The zero-order valence-corrected chi connectivity index (χ0v) is 9.58. The van der Waals surface area contributed by atoms with Crippen molar-refractivity contribution in [2.24, 2.45) is 0 Å². The SMILES string of the molecule is CC1OCCC1N(C(C)C)C(C)C. The quantitative estimate of drug-likeness (QED) is 0.669. The van der Waals surface area contributed by atoms with E-state index in [1.54, 1.807) is 0 Å². The Balaban J connectivity index is 2.63. The van der Waals surface area contributed by atoms with E-state index in [9.17, 15) is 0 Å². The topological polar surface area (TPSA) is 12.5 Å². The van der Waals surface area contributed by atoms with Gasteiger partial charge in [0.25, 0.3) is 0 Å². The lowest BCUT2D eigenvalue weighted by atomic mass is 10.1. The van der Waals surface area contributed by atoms with Crippen molar-refractivity contribution in [1.82, 2.24) is 4.90 Å². The second-order valence-electron chi connectivity index (χ2n) is 4.57. The van der Waals surface area contributed by atoms with Gasteiger partial charge in [0.05, 0.1) is 6.10 Å². The van der Waals surface area contributed by atoms with Crippen LogP contribution in [0.5, 0.6) is 0 Å². The molecule has 0 spiro atoms. The maximum atomic E-state index is 5.61. The molecule has 2 heteroatoms. The van der Waals surface area contributed by atoms with Crippen molar-refractivity contribution in [3.63, 3.8) is 0 Å². The molecular formula is C11H23NO. The lowest BCUT2D eigenvalue weighted by Gasteiger charge is -2.37. The molecule has 13 heavy (non-hydrogen) atoms. The molecule has 0 aliphatic carbocycles. The van der Waals surface area contributed by atoms with Crippen LogP contribution in [0.3, 0.4) is 0 Å². The van der Waals surface area contributed by atoms with Crippen molar-refractivity contribution in [1.29, 1.82) is 0 Å². The Bertz CT molecular complexity index is 148. The highest BCUT2D eigenvalue weighted by atomic mass is 16.5. The van der Waals surface area contributed by atoms with E-state index in [0.29, 0.717) is 24.2 Å². The van der Waals surface area contributed by atoms with Crippen molar-refractivity contribution < 1.29 is 4.74 Å². The van der Waals surface area contributed by atoms with Gasteiger partial charge in [-0.15, -0.1) is 0 Å². The number of ether oxygens (including phenoxy) is 1.